The summed E-state index contributed by atoms with van der Waals surface area (Å²) in [6, 6.07) is 8.38. The van der Waals surface area contributed by atoms with Gasteiger partial charge in [-0.3, -0.25) is 0 Å². The van der Waals surface area contributed by atoms with Gasteiger partial charge in [0.25, 0.3) is 0 Å². The molecule has 70 valence electrons. The van der Waals surface area contributed by atoms with Crippen molar-refractivity contribution in [3.05, 3.63) is 53.6 Å². The monoisotopic (exact) mass is 184 g/mol. The van der Waals surface area contributed by atoms with Gasteiger partial charge in [-0.25, -0.2) is 4.98 Å². The first-order valence-electron chi connectivity index (χ1n) is 4.59. The van der Waals surface area contributed by atoms with Crippen molar-refractivity contribution in [3.63, 3.8) is 0 Å². The Kier molecular flexibility index (Phi) is 2.45. The smallest absolute Gasteiger partial charge is 0.129 e. The molecule has 2 heteroatoms. The zero-order chi connectivity index (χ0) is 9.80. The van der Waals surface area contributed by atoms with Crippen molar-refractivity contribution in [1.29, 1.82) is 0 Å². The van der Waals surface area contributed by atoms with E-state index in [1.165, 1.54) is 11.1 Å². The molecule has 0 aliphatic heterocycles. The van der Waals surface area contributed by atoms with E-state index in [0.717, 1.165) is 5.82 Å². The van der Waals surface area contributed by atoms with E-state index in [1.807, 2.05) is 18.3 Å². The minimum absolute atomic E-state index is 0.880. The van der Waals surface area contributed by atoms with Crippen molar-refractivity contribution in [2.24, 2.45) is 0 Å². The second-order valence-corrected chi connectivity index (χ2v) is 3.22. The normalized spacial score (nSPS) is 10.9. The summed E-state index contributed by atoms with van der Waals surface area (Å²) in [5.74, 6) is 0.880. The van der Waals surface area contributed by atoms with Crippen molar-refractivity contribution in [2.75, 3.05) is 0 Å². The molecule has 0 atom stereocenters. The Morgan fingerprint density at radius 1 is 1.14 bits per heavy atom. The SMILES string of the molecule is Cc1ccc(C=Cc2ncc[nH]2)cc1. The fourth-order valence-electron chi connectivity index (χ4n) is 1.22. The number of H-pyrrole nitrogens is 1. The van der Waals surface area contributed by atoms with Gasteiger partial charge in [-0.05, 0) is 18.6 Å². The predicted molar refractivity (Wildman–Crippen MR) is 58.7 cm³/mol. The Labute approximate surface area is 83.3 Å². The average Bonchev–Trinajstić information content (AvgIpc) is 2.70. The van der Waals surface area contributed by atoms with Gasteiger partial charge in [0.15, 0.2) is 0 Å². The maximum Gasteiger partial charge on any atom is 0.129 e. The molecule has 0 unspecified atom stereocenters. The van der Waals surface area contributed by atoms with E-state index in [4.69, 9.17) is 0 Å². The average molecular weight is 184 g/mol. The van der Waals surface area contributed by atoms with Crippen molar-refractivity contribution in [1.82, 2.24) is 9.97 Å². The molecule has 1 heterocycles. The number of nitrogens with zero attached hydrogens (tertiary/aromatic N) is 1. The lowest BCUT2D eigenvalue weighted by Gasteiger charge is -1.93. The van der Waals surface area contributed by atoms with Gasteiger partial charge in [0.2, 0.25) is 0 Å². The van der Waals surface area contributed by atoms with Crippen LogP contribution in [-0.4, -0.2) is 9.97 Å². The Balaban J connectivity index is 2.15. The maximum absolute atomic E-state index is 4.11. The molecule has 14 heavy (non-hydrogen) atoms. The van der Waals surface area contributed by atoms with Crippen LogP contribution in [0.25, 0.3) is 12.2 Å². The van der Waals surface area contributed by atoms with Crippen LogP contribution in [0.15, 0.2) is 36.7 Å². The molecule has 0 aliphatic carbocycles. The Hall–Kier alpha value is -1.83. The number of aromatic amines is 1. The third kappa shape index (κ3) is 2.10. The van der Waals surface area contributed by atoms with Crippen molar-refractivity contribution in [2.45, 2.75) is 6.92 Å². The quantitative estimate of drug-likeness (QED) is 0.763. The number of hydrogen-bond acceptors (Lipinski definition) is 1. The summed E-state index contributed by atoms with van der Waals surface area (Å²) in [5, 5.41) is 0. The molecular formula is C12H12N2. The topological polar surface area (TPSA) is 28.7 Å². The predicted octanol–water partition coefficient (Wildman–Crippen LogP) is 2.89. The number of aromatic nitrogens is 2. The van der Waals surface area contributed by atoms with E-state index in [-0.39, 0.29) is 0 Å². The second-order valence-electron chi connectivity index (χ2n) is 3.22. The maximum atomic E-state index is 4.11. The molecule has 0 aliphatic rings. The standard InChI is InChI=1S/C12H12N2/c1-10-2-4-11(5-3-10)6-7-12-13-8-9-14-12/h2-9H,1H3,(H,13,14). The van der Waals surface area contributed by atoms with Gasteiger partial charge in [-0.15, -0.1) is 0 Å². The van der Waals surface area contributed by atoms with E-state index in [0.29, 0.717) is 0 Å². The van der Waals surface area contributed by atoms with Gasteiger partial charge in [0, 0.05) is 12.4 Å². The molecule has 0 radical (unpaired) electrons. The summed E-state index contributed by atoms with van der Waals surface area (Å²) in [4.78, 5) is 7.13. The summed E-state index contributed by atoms with van der Waals surface area (Å²) in [6.07, 6.45) is 7.56. The molecule has 2 nitrogen and oxygen atoms in total. The zero-order valence-corrected chi connectivity index (χ0v) is 8.07. The summed E-state index contributed by atoms with van der Waals surface area (Å²) in [7, 11) is 0. The minimum Gasteiger partial charge on any atom is -0.345 e. The van der Waals surface area contributed by atoms with Gasteiger partial charge in [-0.2, -0.15) is 0 Å². The van der Waals surface area contributed by atoms with Crippen LogP contribution in [0.4, 0.5) is 0 Å². The van der Waals surface area contributed by atoms with E-state index in [9.17, 15) is 0 Å². The van der Waals surface area contributed by atoms with Crippen LogP contribution in [0.3, 0.4) is 0 Å². The largest absolute Gasteiger partial charge is 0.345 e. The fourth-order valence-corrected chi connectivity index (χ4v) is 1.22. The van der Waals surface area contributed by atoms with Crippen LogP contribution in [0.1, 0.15) is 17.0 Å². The van der Waals surface area contributed by atoms with Crippen molar-refractivity contribution < 1.29 is 0 Å². The molecule has 0 spiro atoms. The molecule has 0 fully saturated rings. The van der Waals surface area contributed by atoms with Crippen LogP contribution < -0.4 is 0 Å². The lowest BCUT2D eigenvalue weighted by molar-refractivity contribution is 1.27. The number of hydrogen-bond donors (Lipinski definition) is 1. The first-order chi connectivity index (χ1) is 6.84. The molecule has 1 N–H and O–H groups in total. The van der Waals surface area contributed by atoms with Gasteiger partial charge in [0.05, 0.1) is 0 Å². The lowest BCUT2D eigenvalue weighted by Crippen LogP contribution is -1.75. The third-order valence-electron chi connectivity index (χ3n) is 2.03. The second kappa shape index (κ2) is 3.92. The highest BCUT2D eigenvalue weighted by molar-refractivity contribution is 5.66. The van der Waals surface area contributed by atoms with Crippen LogP contribution in [-0.2, 0) is 0 Å². The number of nitrogens with one attached hydrogen (secondary N) is 1. The summed E-state index contributed by atoms with van der Waals surface area (Å²) < 4.78 is 0. The molecule has 2 rings (SSSR count). The van der Waals surface area contributed by atoms with Gasteiger partial charge >= 0.3 is 0 Å². The van der Waals surface area contributed by atoms with Crippen LogP contribution in [0.2, 0.25) is 0 Å². The number of rotatable bonds is 2. The lowest BCUT2D eigenvalue weighted by atomic mass is 10.1. The van der Waals surface area contributed by atoms with E-state index >= 15 is 0 Å². The van der Waals surface area contributed by atoms with Crippen LogP contribution in [0.5, 0.6) is 0 Å². The highest BCUT2D eigenvalue weighted by atomic mass is 14.9. The van der Waals surface area contributed by atoms with Crippen LogP contribution in [0, 0.1) is 6.92 Å². The number of aryl methyl sites for hydroxylation is 1. The van der Waals surface area contributed by atoms with Gasteiger partial charge < -0.3 is 4.98 Å². The first kappa shape index (κ1) is 8.75. The minimum atomic E-state index is 0.880. The number of benzene rings is 1. The van der Waals surface area contributed by atoms with Crippen molar-refractivity contribution in [3.8, 4) is 0 Å². The Bertz CT molecular complexity index is 410. The number of imidazole rings is 1. The van der Waals surface area contributed by atoms with Crippen LogP contribution >= 0.6 is 0 Å². The van der Waals surface area contributed by atoms with Gasteiger partial charge in [-0.1, -0.05) is 35.9 Å². The van der Waals surface area contributed by atoms with E-state index < -0.39 is 0 Å². The highest BCUT2D eigenvalue weighted by Crippen LogP contribution is 2.06. The fraction of sp³-hybridized carbons (Fsp3) is 0.0833. The molecule has 0 amide bonds. The molecule has 1 aromatic carbocycles. The molecule has 0 saturated carbocycles. The Morgan fingerprint density at radius 3 is 2.57 bits per heavy atom. The van der Waals surface area contributed by atoms with E-state index in [2.05, 4.69) is 41.2 Å². The first-order valence-corrected chi connectivity index (χ1v) is 4.59. The third-order valence-corrected chi connectivity index (χ3v) is 2.03. The molecule has 0 saturated heterocycles. The zero-order valence-electron chi connectivity index (χ0n) is 8.07. The highest BCUT2D eigenvalue weighted by Gasteiger charge is 1.88. The summed E-state index contributed by atoms with van der Waals surface area (Å²) in [5.41, 5.74) is 2.46. The van der Waals surface area contributed by atoms with E-state index in [1.54, 1.807) is 6.20 Å². The summed E-state index contributed by atoms with van der Waals surface area (Å²) >= 11 is 0. The molecular weight excluding hydrogens is 172 g/mol. The molecule has 2 aromatic rings. The van der Waals surface area contributed by atoms with Crippen molar-refractivity contribution >= 4 is 12.2 Å². The summed E-state index contributed by atoms with van der Waals surface area (Å²) in [6.45, 7) is 2.08. The molecule has 1 aromatic heterocycles. The molecule has 0 bridgehead atoms. The Morgan fingerprint density at radius 2 is 1.93 bits per heavy atom. The van der Waals surface area contributed by atoms with Gasteiger partial charge in [0.1, 0.15) is 5.82 Å².